The number of rotatable bonds is 4. The second kappa shape index (κ2) is 7.45. The summed E-state index contributed by atoms with van der Waals surface area (Å²) in [6, 6.07) is 6.63. The smallest absolute Gasteiger partial charge is 0.334 e. The Kier molecular flexibility index (Phi) is 5.71. The number of anilines is 1. The fourth-order valence-electron chi connectivity index (χ4n) is 2.80. The highest BCUT2D eigenvalue weighted by molar-refractivity contribution is 6.39. The zero-order valence-corrected chi connectivity index (χ0v) is 16.0. The van der Waals surface area contributed by atoms with E-state index < -0.39 is 23.0 Å². The van der Waals surface area contributed by atoms with E-state index in [9.17, 15) is 14.7 Å². The number of nitrogens with zero attached hydrogens (tertiary/aromatic N) is 2. The van der Waals surface area contributed by atoms with Gasteiger partial charge in [0.25, 0.3) is 0 Å². The Labute approximate surface area is 154 Å². The zero-order chi connectivity index (χ0) is 19.5. The van der Waals surface area contributed by atoms with E-state index in [-0.39, 0.29) is 6.42 Å². The summed E-state index contributed by atoms with van der Waals surface area (Å²) in [5, 5.41) is 18.9. The first-order valence-electron chi connectivity index (χ1n) is 8.70. The van der Waals surface area contributed by atoms with Gasteiger partial charge in [0.05, 0.1) is 7.11 Å². The highest BCUT2D eigenvalue weighted by Crippen LogP contribution is 2.41. The van der Waals surface area contributed by atoms with E-state index >= 15 is 0 Å². The van der Waals surface area contributed by atoms with Crippen molar-refractivity contribution in [2.24, 2.45) is 10.5 Å². The number of carbonyl (C=O) groups excluding carboxylic acids is 2. The van der Waals surface area contributed by atoms with Gasteiger partial charge in [-0.1, -0.05) is 34.1 Å². The molecule has 1 aromatic carbocycles. The van der Waals surface area contributed by atoms with Gasteiger partial charge < -0.3 is 15.2 Å². The van der Waals surface area contributed by atoms with Gasteiger partial charge in [-0.3, -0.25) is 9.59 Å². The van der Waals surface area contributed by atoms with Crippen LogP contribution in [0.5, 0.6) is 5.75 Å². The summed E-state index contributed by atoms with van der Waals surface area (Å²) in [6.07, 6.45) is 1.76. The number of hydrogen-bond donors (Lipinski definition) is 2. The van der Waals surface area contributed by atoms with E-state index in [1.807, 2.05) is 27.7 Å². The lowest BCUT2D eigenvalue weighted by Gasteiger charge is -2.41. The molecule has 7 nitrogen and oxygen atoms in total. The number of benzene rings is 1. The highest BCUT2D eigenvalue weighted by Gasteiger charge is 2.53. The molecule has 7 heteroatoms. The van der Waals surface area contributed by atoms with Gasteiger partial charge >= 0.3 is 11.8 Å². The van der Waals surface area contributed by atoms with Crippen LogP contribution in [0.1, 0.15) is 47.0 Å². The molecule has 2 amide bonds. The summed E-state index contributed by atoms with van der Waals surface area (Å²) in [4.78, 5) is 25.1. The molecule has 0 saturated heterocycles. The minimum Gasteiger partial charge on any atom is -0.497 e. The topological polar surface area (TPSA) is 91.2 Å². The Morgan fingerprint density at radius 3 is 2.42 bits per heavy atom. The van der Waals surface area contributed by atoms with Crippen LogP contribution in [0.15, 0.2) is 29.4 Å². The molecule has 0 bridgehead atoms. The highest BCUT2D eigenvalue weighted by atomic mass is 16.5. The fraction of sp³-hybridized carbons (Fsp3) is 0.526. The van der Waals surface area contributed by atoms with Gasteiger partial charge in [0.1, 0.15) is 5.75 Å². The first-order chi connectivity index (χ1) is 12.1. The van der Waals surface area contributed by atoms with Gasteiger partial charge in [-0.15, -0.1) is 0 Å². The molecule has 1 aliphatic rings. The second-order valence-corrected chi connectivity index (χ2v) is 7.46. The summed E-state index contributed by atoms with van der Waals surface area (Å²) in [7, 11) is 1.55. The van der Waals surface area contributed by atoms with Crippen molar-refractivity contribution in [2.45, 2.75) is 52.7 Å². The van der Waals surface area contributed by atoms with Crippen LogP contribution in [0.2, 0.25) is 0 Å². The molecule has 0 aromatic heterocycles. The number of hydrazone groups is 1. The van der Waals surface area contributed by atoms with Crippen molar-refractivity contribution in [3.8, 4) is 5.75 Å². The summed E-state index contributed by atoms with van der Waals surface area (Å²) in [6.45, 7) is 7.46. The van der Waals surface area contributed by atoms with E-state index in [0.29, 0.717) is 17.9 Å². The number of amides is 2. The Morgan fingerprint density at radius 2 is 1.92 bits per heavy atom. The molecule has 0 radical (unpaired) electrons. The van der Waals surface area contributed by atoms with Crippen molar-refractivity contribution in [1.29, 1.82) is 0 Å². The minimum atomic E-state index is -1.54. The van der Waals surface area contributed by atoms with E-state index in [2.05, 4.69) is 10.4 Å². The standard InChI is InChI=1S/C19H27N3O4/c1-6-7-14-12-19(25,18(2,3)4)22(21-14)17(24)16(23)20-13-8-10-15(26-5)11-9-13/h8-11,25H,6-7,12H2,1-5H3,(H,20,23). The maximum Gasteiger partial charge on any atom is 0.334 e. The monoisotopic (exact) mass is 361 g/mol. The predicted molar refractivity (Wildman–Crippen MR) is 99.8 cm³/mol. The number of ether oxygens (including phenoxy) is 1. The molecule has 1 aromatic rings. The SMILES string of the molecule is CCCC1=NN(C(=O)C(=O)Nc2ccc(OC)cc2)C(O)(C(C)(C)C)C1. The largest absolute Gasteiger partial charge is 0.497 e. The molecule has 0 spiro atoms. The van der Waals surface area contributed by atoms with Gasteiger partial charge in [0, 0.05) is 23.2 Å². The van der Waals surface area contributed by atoms with Crippen molar-refractivity contribution in [1.82, 2.24) is 5.01 Å². The van der Waals surface area contributed by atoms with Crippen molar-refractivity contribution in [3.05, 3.63) is 24.3 Å². The van der Waals surface area contributed by atoms with E-state index in [1.54, 1.807) is 31.4 Å². The van der Waals surface area contributed by atoms with Crippen LogP contribution in [0.4, 0.5) is 5.69 Å². The van der Waals surface area contributed by atoms with Crippen molar-refractivity contribution < 1.29 is 19.4 Å². The van der Waals surface area contributed by atoms with Crippen LogP contribution in [-0.4, -0.2) is 40.5 Å². The maximum atomic E-state index is 12.7. The number of carbonyl (C=O) groups is 2. The average Bonchev–Trinajstić information content (AvgIpc) is 2.92. The molecular weight excluding hydrogens is 334 g/mol. The molecule has 1 atom stereocenters. The first kappa shape index (κ1) is 19.9. The van der Waals surface area contributed by atoms with Crippen LogP contribution in [0.25, 0.3) is 0 Å². The third-order valence-corrected chi connectivity index (χ3v) is 4.52. The van der Waals surface area contributed by atoms with Gasteiger partial charge in [-0.25, -0.2) is 0 Å². The first-order valence-corrected chi connectivity index (χ1v) is 8.70. The van der Waals surface area contributed by atoms with Crippen LogP contribution in [0.3, 0.4) is 0 Å². The van der Waals surface area contributed by atoms with E-state index in [0.717, 1.165) is 17.1 Å². The van der Waals surface area contributed by atoms with E-state index in [1.165, 1.54) is 0 Å². The Morgan fingerprint density at radius 1 is 1.31 bits per heavy atom. The van der Waals surface area contributed by atoms with E-state index in [4.69, 9.17) is 4.74 Å². The normalized spacial score (nSPS) is 19.9. The summed E-state index contributed by atoms with van der Waals surface area (Å²) in [5.41, 5.74) is -1.02. The molecule has 2 N–H and O–H groups in total. The molecule has 0 fully saturated rings. The summed E-state index contributed by atoms with van der Waals surface area (Å²) in [5.74, 6) is -1.09. The molecule has 142 valence electrons. The van der Waals surface area contributed by atoms with Gasteiger partial charge in [0.2, 0.25) is 0 Å². The fourth-order valence-corrected chi connectivity index (χ4v) is 2.80. The maximum absolute atomic E-state index is 12.7. The predicted octanol–water partition coefficient (Wildman–Crippen LogP) is 2.76. The summed E-state index contributed by atoms with van der Waals surface area (Å²) >= 11 is 0. The van der Waals surface area contributed by atoms with Crippen LogP contribution in [0, 0.1) is 5.41 Å². The number of aliphatic hydroxyl groups is 1. The van der Waals surface area contributed by atoms with Gasteiger partial charge in [-0.05, 0) is 30.7 Å². The molecule has 0 aliphatic carbocycles. The van der Waals surface area contributed by atoms with Crippen molar-refractivity contribution >= 4 is 23.2 Å². The average molecular weight is 361 g/mol. The number of methoxy groups -OCH3 is 1. The second-order valence-electron chi connectivity index (χ2n) is 7.46. The minimum absolute atomic E-state index is 0.242. The Bertz CT molecular complexity index is 706. The molecular formula is C19H27N3O4. The molecule has 0 saturated carbocycles. The Hall–Kier alpha value is -2.41. The summed E-state index contributed by atoms with van der Waals surface area (Å²) < 4.78 is 5.06. The zero-order valence-electron chi connectivity index (χ0n) is 16.0. The third kappa shape index (κ3) is 3.88. The van der Waals surface area contributed by atoms with Gasteiger partial charge in [-0.2, -0.15) is 10.1 Å². The molecule has 1 heterocycles. The van der Waals surface area contributed by atoms with Gasteiger partial charge in [0.15, 0.2) is 5.72 Å². The van der Waals surface area contributed by atoms with Crippen molar-refractivity contribution in [3.63, 3.8) is 0 Å². The lowest BCUT2D eigenvalue weighted by molar-refractivity contribution is -0.183. The quantitative estimate of drug-likeness (QED) is 0.807. The molecule has 26 heavy (non-hydrogen) atoms. The lowest BCUT2D eigenvalue weighted by atomic mass is 9.79. The van der Waals surface area contributed by atoms with Crippen LogP contribution >= 0.6 is 0 Å². The molecule has 1 unspecified atom stereocenters. The Balaban J connectivity index is 2.21. The van der Waals surface area contributed by atoms with Crippen molar-refractivity contribution in [2.75, 3.05) is 12.4 Å². The number of nitrogens with one attached hydrogen (secondary N) is 1. The molecule has 2 rings (SSSR count). The lowest BCUT2D eigenvalue weighted by Crippen LogP contribution is -2.57. The van der Waals surface area contributed by atoms with Crippen LogP contribution < -0.4 is 10.1 Å². The third-order valence-electron chi connectivity index (χ3n) is 4.52. The molecule has 1 aliphatic heterocycles. The van der Waals surface area contributed by atoms with Crippen LogP contribution in [-0.2, 0) is 9.59 Å². The number of hydrogen-bond acceptors (Lipinski definition) is 5.